The van der Waals surface area contributed by atoms with Gasteiger partial charge in [0.05, 0.1) is 0 Å². The third-order valence-corrected chi connectivity index (χ3v) is 3.30. The summed E-state index contributed by atoms with van der Waals surface area (Å²) in [6.45, 7) is 1.90. The molecule has 0 aliphatic rings. The molecule has 0 bridgehead atoms. The maximum Gasteiger partial charge on any atom is 0.265 e. The number of alkyl halides is 2. The largest absolute Gasteiger partial charge is 0.265 e. The zero-order valence-corrected chi connectivity index (χ0v) is 8.92. The van der Waals surface area contributed by atoms with Gasteiger partial charge < -0.3 is 0 Å². The zero-order valence-electron chi connectivity index (χ0n) is 7.35. The van der Waals surface area contributed by atoms with Crippen LogP contribution in [0.15, 0.2) is 18.2 Å². The van der Waals surface area contributed by atoms with Crippen molar-refractivity contribution in [2.24, 2.45) is 0 Å². The summed E-state index contributed by atoms with van der Waals surface area (Å²) in [6, 6.07) is 4.93. The highest BCUT2D eigenvalue weighted by Crippen LogP contribution is 2.36. The number of benzene rings is 1. The SMILES string of the molecule is Cc1cc2cc(Cl)cc(C(F)F)c2s1. The number of rotatable bonds is 1. The summed E-state index contributed by atoms with van der Waals surface area (Å²) < 4.78 is 25.9. The fraction of sp³-hybridized carbons (Fsp3) is 0.200. The first-order valence-electron chi connectivity index (χ1n) is 4.05. The Labute approximate surface area is 89.1 Å². The van der Waals surface area contributed by atoms with E-state index in [1.165, 1.54) is 17.4 Å². The minimum atomic E-state index is -2.46. The van der Waals surface area contributed by atoms with E-state index in [0.29, 0.717) is 9.72 Å². The van der Waals surface area contributed by atoms with Crippen molar-refractivity contribution >= 4 is 33.0 Å². The van der Waals surface area contributed by atoms with Gasteiger partial charge in [0.15, 0.2) is 0 Å². The van der Waals surface area contributed by atoms with Crippen molar-refractivity contribution in [1.29, 1.82) is 0 Å². The Bertz CT molecular complexity index is 476. The molecule has 0 radical (unpaired) electrons. The fourth-order valence-corrected chi connectivity index (χ4v) is 2.68. The van der Waals surface area contributed by atoms with E-state index in [2.05, 4.69) is 0 Å². The third-order valence-electron chi connectivity index (χ3n) is 1.97. The maximum absolute atomic E-state index is 12.6. The summed E-state index contributed by atoms with van der Waals surface area (Å²) in [5, 5.41) is 1.17. The second-order valence-electron chi connectivity index (χ2n) is 3.07. The highest BCUT2D eigenvalue weighted by molar-refractivity contribution is 7.19. The van der Waals surface area contributed by atoms with Crippen LogP contribution in [0.5, 0.6) is 0 Å². The summed E-state index contributed by atoms with van der Waals surface area (Å²) in [5.74, 6) is 0. The standard InChI is InChI=1S/C10H7ClF2S/c1-5-2-6-3-7(11)4-8(10(12)13)9(6)14-5/h2-4,10H,1H3. The van der Waals surface area contributed by atoms with E-state index in [1.54, 1.807) is 6.07 Å². The van der Waals surface area contributed by atoms with E-state index >= 15 is 0 Å². The molecule has 0 atom stereocenters. The van der Waals surface area contributed by atoms with Crippen LogP contribution in [0.2, 0.25) is 5.02 Å². The van der Waals surface area contributed by atoms with Crippen molar-refractivity contribution in [3.63, 3.8) is 0 Å². The van der Waals surface area contributed by atoms with Gasteiger partial charge in [-0.25, -0.2) is 8.78 Å². The summed E-state index contributed by atoms with van der Waals surface area (Å²) >= 11 is 7.13. The van der Waals surface area contributed by atoms with Crippen LogP contribution < -0.4 is 0 Å². The smallest absolute Gasteiger partial charge is 0.205 e. The molecular weight excluding hydrogens is 226 g/mol. The van der Waals surface area contributed by atoms with Crippen molar-refractivity contribution in [1.82, 2.24) is 0 Å². The zero-order chi connectivity index (χ0) is 10.3. The maximum atomic E-state index is 12.6. The number of thiophene rings is 1. The second-order valence-corrected chi connectivity index (χ2v) is 4.76. The van der Waals surface area contributed by atoms with Gasteiger partial charge in [0.2, 0.25) is 0 Å². The van der Waals surface area contributed by atoms with E-state index in [0.717, 1.165) is 10.3 Å². The first-order chi connectivity index (χ1) is 6.58. The van der Waals surface area contributed by atoms with Crippen LogP contribution in [0.1, 0.15) is 16.9 Å². The molecular formula is C10H7ClF2S. The minimum Gasteiger partial charge on any atom is -0.205 e. The quantitative estimate of drug-likeness (QED) is 0.663. The Balaban J connectivity index is 2.79. The molecule has 74 valence electrons. The number of fused-ring (bicyclic) bond motifs is 1. The molecule has 0 unspecified atom stereocenters. The Kier molecular flexibility index (Phi) is 2.45. The molecule has 0 amide bonds. The van der Waals surface area contributed by atoms with E-state index in [9.17, 15) is 8.78 Å². The highest BCUT2D eigenvalue weighted by atomic mass is 35.5. The average Bonchev–Trinajstić information content (AvgIpc) is 2.42. The second kappa shape index (κ2) is 3.48. The monoisotopic (exact) mass is 232 g/mol. The average molecular weight is 233 g/mol. The van der Waals surface area contributed by atoms with Crippen molar-refractivity contribution in [2.75, 3.05) is 0 Å². The van der Waals surface area contributed by atoms with Crippen LogP contribution in [-0.2, 0) is 0 Å². The van der Waals surface area contributed by atoms with Crippen molar-refractivity contribution < 1.29 is 8.78 Å². The van der Waals surface area contributed by atoms with Gasteiger partial charge in [-0.15, -0.1) is 11.3 Å². The van der Waals surface area contributed by atoms with Crippen LogP contribution in [0.3, 0.4) is 0 Å². The van der Waals surface area contributed by atoms with E-state index < -0.39 is 6.43 Å². The van der Waals surface area contributed by atoms with Gasteiger partial charge in [0.25, 0.3) is 6.43 Å². The van der Waals surface area contributed by atoms with E-state index in [-0.39, 0.29) is 5.56 Å². The lowest BCUT2D eigenvalue weighted by Crippen LogP contribution is -1.83. The molecule has 0 saturated carbocycles. The molecule has 0 spiro atoms. The number of hydrogen-bond donors (Lipinski definition) is 0. The Morgan fingerprint density at radius 2 is 2.00 bits per heavy atom. The molecule has 0 aliphatic heterocycles. The van der Waals surface area contributed by atoms with Crippen molar-refractivity contribution in [3.05, 3.63) is 33.7 Å². The molecule has 4 heteroatoms. The highest BCUT2D eigenvalue weighted by Gasteiger charge is 2.14. The third kappa shape index (κ3) is 1.62. The molecule has 14 heavy (non-hydrogen) atoms. The van der Waals surface area contributed by atoms with Crippen molar-refractivity contribution in [3.8, 4) is 0 Å². The van der Waals surface area contributed by atoms with Gasteiger partial charge in [-0.05, 0) is 30.5 Å². The van der Waals surface area contributed by atoms with Gasteiger partial charge in [0, 0.05) is 20.2 Å². The Morgan fingerprint density at radius 1 is 1.29 bits per heavy atom. The molecule has 2 rings (SSSR count). The number of halogens is 3. The normalized spacial score (nSPS) is 11.5. The van der Waals surface area contributed by atoms with E-state index in [4.69, 9.17) is 11.6 Å². The van der Waals surface area contributed by atoms with Crippen LogP contribution in [-0.4, -0.2) is 0 Å². The molecule has 1 aromatic heterocycles. The van der Waals surface area contributed by atoms with Crippen LogP contribution in [0, 0.1) is 6.92 Å². The number of aryl methyl sites for hydroxylation is 1. The van der Waals surface area contributed by atoms with Gasteiger partial charge in [-0.1, -0.05) is 11.6 Å². The van der Waals surface area contributed by atoms with Gasteiger partial charge >= 0.3 is 0 Å². The molecule has 0 saturated heterocycles. The summed E-state index contributed by atoms with van der Waals surface area (Å²) in [5.41, 5.74) is 0.0330. The van der Waals surface area contributed by atoms with Crippen LogP contribution >= 0.6 is 22.9 Å². The predicted octanol–water partition coefficient (Wildman–Crippen LogP) is 4.80. The summed E-state index contributed by atoms with van der Waals surface area (Å²) in [4.78, 5) is 1.02. The van der Waals surface area contributed by atoms with Gasteiger partial charge in [-0.2, -0.15) is 0 Å². The molecule has 0 fully saturated rings. The van der Waals surface area contributed by atoms with Gasteiger partial charge in [0.1, 0.15) is 0 Å². The minimum absolute atomic E-state index is 0.0330. The fourth-order valence-electron chi connectivity index (χ4n) is 1.43. The van der Waals surface area contributed by atoms with Crippen LogP contribution in [0.4, 0.5) is 8.78 Å². The summed E-state index contributed by atoms with van der Waals surface area (Å²) in [7, 11) is 0. The Hall–Kier alpha value is -0.670. The van der Waals surface area contributed by atoms with E-state index in [1.807, 2.05) is 13.0 Å². The topological polar surface area (TPSA) is 0 Å². The first kappa shape index (κ1) is 9.87. The van der Waals surface area contributed by atoms with Crippen LogP contribution in [0.25, 0.3) is 10.1 Å². The molecule has 1 aromatic carbocycles. The lowest BCUT2D eigenvalue weighted by atomic mass is 10.1. The van der Waals surface area contributed by atoms with Gasteiger partial charge in [-0.3, -0.25) is 0 Å². The lowest BCUT2D eigenvalue weighted by Gasteiger charge is -2.01. The Morgan fingerprint density at radius 3 is 2.64 bits per heavy atom. The molecule has 2 aromatic rings. The first-order valence-corrected chi connectivity index (χ1v) is 5.25. The van der Waals surface area contributed by atoms with Crippen molar-refractivity contribution in [2.45, 2.75) is 13.3 Å². The molecule has 1 heterocycles. The summed E-state index contributed by atoms with van der Waals surface area (Å²) in [6.07, 6.45) is -2.46. The number of hydrogen-bond acceptors (Lipinski definition) is 1. The molecule has 0 nitrogen and oxygen atoms in total. The lowest BCUT2D eigenvalue weighted by molar-refractivity contribution is 0.153. The molecule has 0 aliphatic carbocycles. The predicted molar refractivity (Wildman–Crippen MR) is 56.5 cm³/mol. The molecule has 0 N–H and O–H groups in total.